The number of hydrogen-bond acceptors (Lipinski definition) is 2. The highest BCUT2D eigenvalue weighted by atomic mass is 19.1. The van der Waals surface area contributed by atoms with Gasteiger partial charge in [-0.2, -0.15) is 4.39 Å². The lowest BCUT2D eigenvalue weighted by atomic mass is 9.89. The van der Waals surface area contributed by atoms with Crippen LogP contribution in [0.15, 0.2) is 18.2 Å². The number of nitrogens with zero attached hydrogens (tertiary/aromatic N) is 2. The van der Waals surface area contributed by atoms with Crippen LogP contribution < -0.4 is 4.90 Å². The summed E-state index contributed by atoms with van der Waals surface area (Å²) in [6, 6.07) is 5.04. The quantitative estimate of drug-likeness (QED) is 0.731. The number of hydrogen-bond donors (Lipinski definition) is 0. The molecule has 1 saturated heterocycles. The predicted molar refractivity (Wildman–Crippen MR) is 68.6 cm³/mol. The van der Waals surface area contributed by atoms with Crippen molar-refractivity contribution >= 4 is 5.82 Å². The van der Waals surface area contributed by atoms with E-state index in [0.29, 0.717) is 0 Å². The molecule has 94 valence electrons. The smallest absolute Gasteiger partial charge is 0.214 e. The van der Waals surface area contributed by atoms with Gasteiger partial charge in [-0.3, -0.25) is 0 Å². The second-order valence-corrected chi connectivity index (χ2v) is 5.24. The van der Waals surface area contributed by atoms with E-state index in [4.69, 9.17) is 0 Å². The van der Waals surface area contributed by atoms with Gasteiger partial charge < -0.3 is 4.90 Å². The molecule has 1 aromatic rings. The van der Waals surface area contributed by atoms with Gasteiger partial charge in [0.2, 0.25) is 5.95 Å². The Morgan fingerprint density at radius 3 is 2.82 bits per heavy atom. The zero-order valence-corrected chi connectivity index (χ0v) is 10.7. The lowest BCUT2D eigenvalue weighted by Gasteiger charge is -2.22. The average Bonchev–Trinajstić information content (AvgIpc) is 2.54. The van der Waals surface area contributed by atoms with Crippen LogP contribution >= 0.6 is 0 Å². The third-order valence-corrected chi connectivity index (χ3v) is 3.74. The van der Waals surface area contributed by atoms with Crippen molar-refractivity contribution in [3.63, 3.8) is 0 Å². The highest BCUT2D eigenvalue weighted by Crippen LogP contribution is 2.26. The third kappa shape index (κ3) is 3.18. The molecule has 3 heteroatoms. The zero-order chi connectivity index (χ0) is 12.3. The molecule has 0 aliphatic carbocycles. The Kier molecular flexibility index (Phi) is 3.97. The normalized spacial score (nSPS) is 21.6. The van der Waals surface area contributed by atoms with Crippen LogP contribution in [0.2, 0.25) is 0 Å². The Labute approximate surface area is 103 Å². The molecule has 0 bridgehead atoms. The van der Waals surface area contributed by atoms with Crippen LogP contribution in [0.3, 0.4) is 0 Å². The van der Waals surface area contributed by atoms with E-state index in [0.717, 1.165) is 30.7 Å². The van der Waals surface area contributed by atoms with E-state index in [1.54, 1.807) is 6.07 Å². The summed E-state index contributed by atoms with van der Waals surface area (Å²) >= 11 is 0. The maximum Gasteiger partial charge on any atom is 0.214 e. The second kappa shape index (κ2) is 5.48. The maximum atomic E-state index is 13.1. The summed E-state index contributed by atoms with van der Waals surface area (Å²) in [6.07, 6.45) is 3.65. The van der Waals surface area contributed by atoms with Gasteiger partial charge in [0.05, 0.1) is 0 Å². The molecule has 17 heavy (non-hydrogen) atoms. The highest BCUT2D eigenvalue weighted by Gasteiger charge is 2.20. The first-order valence-corrected chi connectivity index (χ1v) is 6.54. The molecule has 1 fully saturated rings. The van der Waals surface area contributed by atoms with Crippen LogP contribution in [0.5, 0.6) is 0 Å². The zero-order valence-electron chi connectivity index (χ0n) is 10.7. The van der Waals surface area contributed by atoms with E-state index >= 15 is 0 Å². The van der Waals surface area contributed by atoms with Crippen LogP contribution in [0.4, 0.5) is 10.2 Å². The molecule has 1 aliphatic heterocycles. The molecule has 1 aromatic heterocycles. The topological polar surface area (TPSA) is 16.1 Å². The molecule has 0 saturated carbocycles. The van der Waals surface area contributed by atoms with Gasteiger partial charge >= 0.3 is 0 Å². The molecule has 0 radical (unpaired) electrons. The van der Waals surface area contributed by atoms with E-state index < -0.39 is 0 Å². The van der Waals surface area contributed by atoms with E-state index in [2.05, 4.69) is 23.7 Å². The van der Waals surface area contributed by atoms with Gasteiger partial charge in [-0.1, -0.05) is 19.9 Å². The summed E-state index contributed by atoms with van der Waals surface area (Å²) in [4.78, 5) is 6.18. The molecule has 2 rings (SSSR count). The lowest BCUT2D eigenvalue weighted by Crippen LogP contribution is -2.25. The van der Waals surface area contributed by atoms with E-state index in [-0.39, 0.29) is 5.95 Å². The van der Waals surface area contributed by atoms with Gasteiger partial charge in [0.1, 0.15) is 5.82 Å². The van der Waals surface area contributed by atoms with Gasteiger partial charge in [0.15, 0.2) is 0 Å². The van der Waals surface area contributed by atoms with Crippen LogP contribution in [-0.4, -0.2) is 18.1 Å². The fourth-order valence-corrected chi connectivity index (χ4v) is 2.59. The molecule has 0 aromatic carbocycles. The molecule has 0 N–H and O–H groups in total. The molecule has 2 nitrogen and oxygen atoms in total. The molecule has 1 aliphatic rings. The molecule has 0 amide bonds. The first-order chi connectivity index (χ1) is 8.16. The fourth-order valence-electron chi connectivity index (χ4n) is 2.59. The predicted octanol–water partition coefficient (Wildman–Crippen LogP) is 3.48. The van der Waals surface area contributed by atoms with Gasteiger partial charge in [0, 0.05) is 13.1 Å². The molecule has 1 unspecified atom stereocenters. The Morgan fingerprint density at radius 2 is 2.12 bits per heavy atom. The number of pyridine rings is 1. The molecular formula is C14H21FN2. The van der Waals surface area contributed by atoms with Gasteiger partial charge in [0.25, 0.3) is 0 Å². The summed E-state index contributed by atoms with van der Waals surface area (Å²) in [5.41, 5.74) is 0. The van der Waals surface area contributed by atoms with Crippen molar-refractivity contribution in [2.45, 2.75) is 33.1 Å². The van der Waals surface area contributed by atoms with E-state index in [1.807, 2.05) is 6.07 Å². The van der Waals surface area contributed by atoms with Crippen LogP contribution in [0, 0.1) is 17.8 Å². The standard InChI is InChI=1S/C14H21FN2/c1-11(2)12-5-4-9-17(10-8-12)14-7-3-6-13(15)16-14/h3,6-7,11-12H,4-5,8-10H2,1-2H3. The largest absolute Gasteiger partial charge is 0.357 e. The van der Waals surface area contributed by atoms with Crippen molar-refractivity contribution in [3.8, 4) is 0 Å². The van der Waals surface area contributed by atoms with Crippen LogP contribution in [-0.2, 0) is 0 Å². The minimum atomic E-state index is -0.382. The number of halogens is 1. The highest BCUT2D eigenvalue weighted by molar-refractivity contribution is 5.37. The van der Waals surface area contributed by atoms with Gasteiger partial charge in [-0.25, -0.2) is 4.98 Å². The third-order valence-electron chi connectivity index (χ3n) is 3.74. The Balaban J connectivity index is 2.04. The number of aromatic nitrogens is 1. The summed E-state index contributed by atoms with van der Waals surface area (Å²) in [6.45, 7) is 6.58. The Morgan fingerprint density at radius 1 is 1.29 bits per heavy atom. The van der Waals surface area contributed by atoms with Crippen molar-refractivity contribution in [2.24, 2.45) is 11.8 Å². The summed E-state index contributed by atoms with van der Waals surface area (Å²) in [5, 5.41) is 0. The molecule has 0 spiro atoms. The minimum absolute atomic E-state index is 0.382. The fraction of sp³-hybridized carbons (Fsp3) is 0.643. The van der Waals surface area contributed by atoms with E-state index in [1.165, 1.54) is 25.3 Å². The summed E-state index contributed by atoms with van der Waals surface area (Å²) in [5.74, 6) is 1.95. The number of anilines is 1. The second-order valence-electron chi connectivity index (χ2n) is 5.24. The maximum absolute atomic E-state index is 13.1. The first kappa shape index (κ1) is 12.3. The van der Waals surface area contributed by atoms with Crippen molar-refractivity contribution in [1.82, 2.24) is 4.98 Å². The van der Waals surface area contributed by atoms with Gasteiger partial charge in [-0.15, -0.1) is 0 Å². The Bertz CT molecular complexity index is 365. The molecule has 2 heterocycles. The van der Waals surface area contributed by atoms with Gasteiger partial charge in [-0.05, 0) is 43.2 Å². The van der Waals surface area contributed by atoms with Crippen LogP contribution in [0.1, 0.15) is 33.1 Å². The van der Waals surface area contributed by atoms with Crippen molar-refractivity contribution in [3.05, 3.63) is 24.1 Å². The lowest BCUT2D eigenvalue weighted by molar-refractivity contribution is 0.351. The molecule has 1 atom stereocenters. The summed E-state index contributed by atoms with van der Waals surface area (Å²) in [7, 11) is 0. The van der Waals surface area contributed by atoms with Crippen molar-refractivity contribution in [2.75, 3.05) is 18.0 Å². The van der Waals surface area contributed by atoms with Crippen molar-refractivity contribution in [1.29, 1.82) is 0 Å². The summed E-state index contributed by atoms with van der Waals surface area (Å²) < 4.78 is 13.1. The van der Waals surface area contributed by atoms with E-state index in [9.17, 15) is 4.39 Å². The SMILES string of the molecule is CC(C)C1CCCN(c2cccc(F)n2)CC1. The average molecular weight is 236 g/mol. The first-order valence-electron chi connectivity index (χ1n) is 6.54. The molecular weight excluding hydrogens is 215 g/mol. The van der Waals surface area contributed by atoms with Crippen LogP contribution in [0.25, 0.3) is 0 Å². The Hall–Kier alpha value is -1.12. The minimum Gasteiger partial charge on any atom is -0.357 e. The monoisotopic (exact) mass is 236 g/mol. The number of rotatable bonds is 2. The van der Waals surface area contributed by atoms with Crippen molar-refractivity contribution < 1.29 is 4.39 Å².